The van der Waals surface area contributed by atoms with Crippen LogP contribution in [-0.4, -0.2) is 31.1 Å². The fraction of sp³-hybridized carbons (Fsp3) is 0.360. The molecule has 0 saturated carbocycles. The van der Waals surface area contributed by atoms with Crippen LogP contribution in [0.15, 0.2) is 57.7 Å². The smallest absolute Gasteiger partial charge is 0.354 e. The molecule has 2 aromatic carbocycles. The van der Waals surface area contributed by atoms with Crippen molar-refractivity contribution < 1.29 is 9.15 Å². The predicted molar refractivity (Wildman–Crippen MR) is 117 cm³/mol. The molecule has 5 nitrogen and oxygen atoms in total. The summed E-state index contributed by atoms with van der Waals surface area (Å²) in [7, 11) is 0. The zero-order valence-corrected chi connectivity index (χ0v) is 17.3. The SMILES string of the molecule is Cc1c(C#N)c(=O)oc2cc(OCCN3CCC(Cc4ccccc4)CC3)ccc12. The minimum Gasteiger partial charge on any atom is -0.492 e. The Kier molecular flexibility index (Phi) is 6.15. The van der Waals surface area contributed by atoms with Gasteiger partial charge < -0.3 is 9.15 Å². The third-order valence-electron chi connectivity index (χ3n) is 6.00. The topological polar surface area (TPSA) is 66.5 Å². The summed E-state index contributed by atoms with van der Waals surface area (Å²) in [5.41, 5.74) is 1.99. The van der Waals surface area contributed by atoms with Crippen LogP contribution in [0.2, 0.25) is 0 Å². The Morgan fingerprint density at radius 1 is 1.17 bits per heavy atom. The molecule has 5 heteroatoms. The molecule has 0 aliphatic carbocycles. The lowest BCUT2D eigenvalue weighted by Crippen LogP contribution is -2.37. The molecule has 1 fully saturated rings. The van der Waals surface area contributed by atoms with Gasteiger partial charge in [-0.05, 0) is 68.5 Å². The summed E-state index contributed by atoms with van der Waals surface area (Å²) in [5.74, 6) is 1.43. The van der Waals surface area contributed by atoms with Crippen molar-refractivity contribution in [3.8, 4) is 11.8 Å². The van der Waals surface area contributed by atoms with E-state index in [1.54, 1.807) is 13.0 Å². The number of aryl methyl sites for hydroxylation is 1. The zero-order valence-electron chi connectivity index (χ0n) is 17.3. The molecule has 0 N–H and O–H groups in total. The number of nitriles is 1. The molecule has 3 aromatic rings. The van der Waals surface area contributed by atoms with Crippen molar-refractivity contribution in [3.63, 3.8) is 0 Å². The summed E-state index contributed by atoms with van der Waals surface area (Å²) < 4.78 is 11.2. The maximum atomic E-state index is 11.9. The third kappa shape index (κ3) is 4.55. The molecule has 1 aromatic heterocycles. The van der Waals surface area contributed by atoms with Gasteiger partial charge in [-0.1, -0.05) is 30.3 Å². The van der Waals surface area contributed by atoms with Crippen molar-refractivity contribution >= 4 is 11.0 Å². The summed E-state index contributed by atoms with van der Waals surface area (Å²) in [4.78, 5) is 14.4. The van der Waals surface area contributed by atoms with Crippen molar-refractivity contribution in [2.24, 2.45) is 5.92 Å². The summed E-state index contributed by atoms with van der Waals surface area (Å²) in [6.45, 7) is 5.44. The van der Waals surface area contributed by atoms with E-state index in [-0.39, 0.29) is 5.56 Å². The van der Waals surface area contributed by atoms with E-state index in [4.69, 9.17) is 14.4 Å². The van der Waals surface area contributed by atoms with Crippen LogP contribution >= 0.6 is 0 Å². The number of likely N-dealkylation sites (tertiary alicyclic amines) is 1. The van der Waals surface area contributed by atoms with Gasteiger partial charge in [0, 0.05) is 18.0 Å². The molecule has 0 unspecified atom stereocenters. The first-order valence-electron chi connectivity index (χ1n) is 10.5. The van der Waals surface area contributed by atoms with Gasteiger partial charge in [-0.2, -0.15) is 5.26 Å². The first-order chi connectivity index (χ1) is 14.6. The van der Waals surface area contributed by atoms with Crippen LogP contribution < -0.4 is 10.4 Å². The molecule has 1 aliphatic rings. The molecular weight excluding hydrogens is 376 g/mol. The summed E-state index contributed by atoms with van der Waals surface area (Å²) in [5, 5.41) is 9.87. The van der Waals surface area contributed by atoms with E-state index in [1.807, 2.05) is 18.2 Å². The lowest BCUT2D eigenvalue weighted by molar-refractivity contribution is 0.155. The monoisotopic (exact) mass is 402 g/mol. The number of ether oxygens (including phenoxy) is 1. The van der Waals surface area contributed by atoms with Crippen molar-refractivity contribution in [1.82, 2.24) is 4.90 Å². The fourth-order valence-corrected chi connectivity index (χ4v) is 4.21. The number of nitrogens with zero attached hydrogens (tertiary/aromatic N) is 2. The minimum atomic E-state index is -0.599. The number of piperidine rings is 1. The van der Waals surface area contributed by atoms with Crippen LogP contribution in [0.4, 0.5) is 0 Å². The van der Waals surface area contributed by atoms with Crippen molar-refractivity contribution in [3.05, 3.63) is 75.6 Å². The zero-order chi connectivity index (χ0) is 20.9. The summed E-state index contributed by atoms with van der Waals surface area (Å²) in [6, 6.07) is 18.1. The van der Waals surface area contributed by atoms with Crippen LogP contribution in [-0.2, 0) is 6.42 Å². The Labute approximate surface area is 176 Å². The number of hydrogen-bond acceptors (Lipinski definition) is 5. The molecule has 30 heavy (non-hydrogen) atoms. The van der Waals surface area contributed by atoms with Gasteiger partial charge in [0.25, 0.3) is 0 Å². The van der Waals surface area contributed by atoms with Crippen molar-refractivity contribution in [2.45, 2.75) is 26.2 Å². The quantitative estimate of drug-likeness (QED) is 0.575. The van der Waals surface area contributed by atoms with Crippen molar-refractivity contribution in [2.75, 3.05) is 26.2 Å². The van der Waals surface area contributed by atoms with Crippen LogP contribution in [0.1, 0.15) is 29.5 Å². The Hall–Kier alpha value is -3.10. The normalized spacial score (nSPS) is 15.2. The molecule has 0 bridgehead atoms. The predicted octanol–water partition coefficient (Wildman–Crippen LogP) is 4.31. The number of fused-ring (bicyclic) bond motifs is 1. The van der Waals surface area contributed by atoms with E-state index in [9.17, 15) is 4.79 Å². The molecule has 0 radical (unpaired) electrons. The lowest BCUT2D eigenvalue weighted by Gasteiger charge is -2.31. The Balaban J connectivity index is 1.28. The van der Waals surface area contributed by atoms with Gasteiger partial charge in [0.15, 0.2) is 0 Å². The van der Waals surface area contributed by atoms with Gasteiger partial charge in [0.05, 0.1) is 0 Å². The Morgan fingerprint density at radius 2 is 1.93 bits per heavy atom. The molecule has 1 saturated heterocycles. The molecule has 1 aliphatic heterocycles. The van der Waals surface area contributed by atoms with E-state index in [0.29, 0.717) is 23.5 Å². The first-order valence-corrected chi connectivity index (χ1v) is 10.5. The fourth-order valence-electron chi connectivity index (χ4n) is 4.21. The van der Waals surface area contributed by atoms with E-state index >= 15 is 0 Å². The summed E-state index contributed by atoms with van der Waals surface area (Å²) in [6.07, 6.45) is 3.60. The van der Waals surface area contributed by atoms with E-state index in [1.165, 1.54) is 24.8 Å². The average molecular weight is 402 g/mol. The highest BCUT2D eigenvalue weighted by atomic mass is 16.5. The molecule has 4 rings (SSSR count). The second-order valence-electron chi connectivity index (χ2n) is 7.98. The van der Waals surface area contributed by atoms with E-state index in [0.717, 1.165) is 30.9 Å². The van der Waals surface area contributed by atoms with Gasteiger partial charge in [-0.25, -0.2) is 4.79 Å². The molecular formula is C25H26N2O3. The maximum absolute atomic E-state index is 11.9. The molecule has 0 atom stereocenters. The van der Waals surface area contributed by atoms with Crippen LogP contribution in [0.25, 0.3) is 11.0 Å². The Bertz CT molecular complexity index is 1110. The van der Waals surface area contributed by atoms with Crippen LogP contribution in [0.5, 0.6) is 5.75 Å². The summed E-state index contributed by atoms with van der Waals surface area (Å²) >= 11 is 0. The standard InChI is InChI=1S/C25H26N2O3/c1-18-22-8-7-21(16-24(22)30-25(28)23(18)17-26)29-14-13-27-11-9-20(10-12-27)15-19-5-3-2-4-6-19/h2-8,16,20H,9-15H2,1H3. The molecule has 154 valence electrons. The van der Waals surface area contributed by atoms with Gasteiger partial charge in [0.1, 0.15) is 29.6 Å². The second kappa shape index (κ2) is 9.15. The molecule has 2 heterocycles. The van der Waals surface area contributed by atoms with Crippen LogP contribution in [0, 0.1) is 24.2 Å². The van der Waals surface area contributed by atoms with E-state index < -0.39 is 5.63 Å². The highest BCUT2D eigenvalue weighted by Gasteiger charge is 2.19. The van der Waals surface area contributed by atoms with Gasteiger partial charge in [-0.15, -0.1) is 0 Å². The van der Waals surface area contributed by atoms with Gasteiger partial charge in [0.2, 0.25) is 0 Å². The van der Waals surface area contributed by atoms with E-state index in [2.05, 4.69) is 35.2 Å². The van der Waals surface area contributed by atoms with Gasteiger partial charge >= 0.3 is 5.63 Å². The highest BCUT2D eigenvalue weighted by molar-refractivity contribution is 5.83. The van der Waals surface area contributed by atoms with Crippen molar-refractivity contribution in [1.29, 1.82) is 5.26 Å². The lowest BCUT2D eigenvalue weighted by atomic mass is 9.90. The largest absolute Gasteiger partial charge is 0.492 e. The molecule has 0 amide bonds. The minimum absolute atomic E-state index is 0.0619. The number of benzene rings is 2. The van der Waals surface area contributed by atoms with Crippen LogP contribution in [0.3, 0.4) is 0 Å². The maximum Gasteiger partial charge on any atom is 0.354 e. The highest BCUT2D eigenvalue weighted by Crippen LogP contribution is 2.24. The first kappa shape index (κ1) is 20.2. The number of hydrogen-bond donors (Lipinski definition) is 0. The second-order valence-corrected chi connectivity index (χ2v) is 7.98. The van der Waals surface area contributed by atoms with Gasteiger partial charge in [-0.3, -0.25) is 4.90 Å². The number of rotatable bonds is 6. The average Bonchev–Trinajstić information content (AvgIpc) is 2.76. The Morgan fingerprint density at radius 3 is 2.67 bits per heavy atom. The third-order valence-corrected chi connectivity index (χ3v) is 6.00. The molecule has 0 spiro atoms.